The van der Waals surface area contributed by atoms with E-state index in [1.165, 1.54) is 23.3 Å². The number of hydrogen-bond donors (Lipinski definition) is 1. The van der Waals surface area contributed by atoms with Gasteiger partial charge >= 0.3 is 0 Å². The Morgan fingerprint density at radius 2 is 2.04 bits per heavy atom. The highest BCUT2D eigenvalue weighted by atomic mass is 28.2. The molecule has 0 bridgehead atoms. The number of H-pyrrole nitrogens is 1. The number of aromatic amines is 1. The van der Waals surface area contributed by atoms with E-state index in [0.29, 0.717) is 26.0 Å². The van der Waals surface area contributed by atoms with Crippen LogP contribution in [-0.2, 0) is 0 Å². The van der Waals surface area contributed by atoms with E-state index in [0.717, 1.165) is 18.2 Å². The van der Waals surface area contributed by atoms with Gasteiger partial charge in [0.25, 0.3) is 5.91 Å². The number of hydrogen-bond acceptors (Lipinski definition) is 1. The zero-order valence-electron chi connectivity index (χ0n) is 13.3. The third kappa shape index (κ3) is 2.65. The number of halogens is 1. The summed E-state index contributed by atoms with van der Waals surface area (Å²) >= 11 is 0. The van der Waals surface area contributed by atoms with Gasteiger partial charge < -0.3 is 9.88 Å². The van der Waals surface area contributed by atoms with Gasteiger partial charge in [-0.15, -0.1) is 0 Å². The Morgan fingerprint density at radius 3 is 2.83 bits per heavy atom. The second-order valence-electron chi connectivity index (χ2n) is 6.25. The summed E-state index contributed by atoms with van der Waals surface area (Å²) in [5, 5.41) is 0.655. The number of carbonyl (C=O) groups excluding carboxylic acids is 1. The standard InChI is InChI=1S/C19H17FN2OSi/c1-12-2-4-13(5-3-12)18-10-22(11-24-18)19(23)16-9-21-17-7-6-14(20)8-15(16)17/h2-9,18,21H,10-11H2,1H3. The van der Waals surface area contributed by atoms with E-state index in [4.69, 9.17) is 0 Å². The van der Waals surface area contributed by atoms with Crippen LogP contribution in [0.4, 0.5) is 4.39 Å². The van der Waals surface area contributed by atoms with E-state index < -0.39 is 0 Å². The number of aryl methyl sites for hydroxylation is 1. The first kappa shape index (κ1) is 15.1. The summed E-state index contributed by atoms with van der Waals surface area (Å²) in [6.07, 6.45) is 2.45. The first-order valence-corrected chi connectivity index (χ1v) is 9.26. The number of rotatable bonds is 2. The molecule has 0 aliphatic carbocycles. The van der Waals surface area contributed by atoms with Crippen LogP contribution in [0, 0.1) is 12.7 Å². The Kier molecular flexibility index (Phi) is 3.73. The van der Waals surface area contributed by atoms with Gasteiger partial charge in [0.1, 0.15) is 5.82 Å². The highest BCUT2D eigenvalue weighted by Gasteiger charge is 2.29. The number of aromatic nitrogens is 1. The van der Waals surface area contributed by atoms with Gasteiger partial charge in [-0.1, -0.05) is 29.8 Å². The van der Waals surface area contributed by atoms with Crippen molar-refractivity contribution in [1.82, 2.24) is 9.88 Å². The Labute approximate surface area is 142 Å². The van der Waals surface area contributed by atoms with Crippen LogP contribution in [0.2, 0.25) is 0 Å². The molecule has 0 saturated carbocycles. The lowest BCUT2D eigenvalue weighted by Crippen LogP contribution is -2.28. The maximum absolute atomic E-state index is 13.5. The van der Waals surface area contributed by atoms with E-state index in [1.54, 1.807) is 12.3 Å². The molecular weight excluding hydrogens is 319 g/mol. The van der Waals surface area contributed by atoms with Gasteiger partial charge in [-0.2, -0.15) is 0 Å². The minimum absolute atomic E-state index is 0.0195. The third-order valence-corrected chi connectivity index (χ3v) is 6.15. The van der Waals surface area contributed by atoms with Crippen molar-refractivity contribution >= 4 is 26.3 Å². The van der Waals surface area contributed by atoms with Crippen LogP contribution in [0.15, 0.2) is 48.7 Å². The summed E-state index contributed by atoms with van der Waals surface area (Å²) in [6, 6.07) is 13.0. The van der Waals surface area contributed by atoms with Crippen LogP contribution in [-0.4, -0.2) is 38.0 Å². The highest BCUT2D eigenvalue weighted by Crippen LogP contribution is 2.26. The van der Waals surface area contributed by atoms with Gasteiger partial charge in [0.2, 0.25) is 0 Å². The Bertz CT molecular complexity index is 903. The molecule has 1 fully saturated rings. The molecule has 1 N–H and O–H groups in total. The van der Waals surface area contributed by atoms with Crippen molar-refractivity contribution in [2.75, 3.05) is 12.7 Å². The zero-order chi connectivity index (χ0) is 16.7. The average molecular weight is 336 g/mol. The van der Waals surface area contributed by atoms with Crippen molar-refractivity contribution in [3.8, 4) is 0 Å². The maximum Gasteiger partial charge on any atom is 0.255 e. The lowest BCUT2D eigenvalue weighted by Gasteiger charge is -2.17. The molecule has 1 amide bonds. The van der Waals surface area contributed by atoms with Gasteiger partial charge in [0.05, 0.1) is 15.1 Å². The fourth-order valence-electron chi connectivity index (χ4n) is 3.19. The molecule has 4 rings (SSSR count). The van der Waals surface area contributed by atoms with Crippen molar-refractivity contribution in [3.05, 3.63) is 71.2 Å². The molecule has 1 unspecified atom stereocenters. The summed E-state index contributed by atoms with van der Waals surface area (Å²) in [6.45, 7) is 2.80. The smallest absolute Gasteiger partial charge is 0.255 e. The Morgan fingerprint density at radius 1 is 1.25 bits per heavy atom. The van der Waals surface area contributed by atoms with Crippen LogP contribution < -0.4 is 0 Å². The summed E-state index contributed by atoms with van der Waals surface area (Å²) in [5.41, 5.74) is 4.28. The normalized spacial score (nSPS) is 17.6. The van der Waals surface area contributed by atoms with Gasteiger partial charge in [0.15, 0.2) is 0 Å². The SMILES string of the molecule is Cc1ccc(C2CN(C(=O)c3c[nH]c4ccc(F)cc34)C[Si]2)cc1. The number of amides is 1. The minimum Gasteiger partial charge on any atom is -0.360 e. The van der Waals surface area contributed by atoms with Gasteiger partial charge in [-0.3, -0.25) is 4.79 Å². The fourth-order valence-corrected chi connectivity index (χ4v) is 4.68. The van der Waals surface area contributed by atoms with Gasteiger partial charge in [-0.25, -0.2) is 4.39 Å². The third-order valence-electron chi connectivity index (χ3n) is 4.57. The molecule has 5 heteroatoms. The van der Waals surface area contributed by atoms with Crippen molar-refractivity contribution in [2.24, 2.45) is 0 Å². The van der Waals surface area contributed by atoms with Crippen LogP contribution in [0.1, 0.15) is 27.0 Å². The molecule has 2 heterocycles. The topological polar surface area (TPSA) is 36.1 Å². The van der Waals surface area contributed by atoms with Crippen molar-refractivity contribution < 1.29 is 9.18 Å². The average Bonchev–Trinajstić information content (AvgIpc) is 3.21. The number of carbonyl (C=O) groups is 1. The van der Waals surface area contributed by atoms with Gasteiger partial charge in [0, 0.05) is 29.8 Å². The Hall–Kier alpha value is -2.40. The Balaban J connectivity index is 1.57. The van der Waals surface area contributed by atoms with Crippen LogP contribution in [0.25, 0.3) is 10.9 Å². The monoisotopic (exact) mass is 336 g/mol. The molecule has 1 aliphatic heterocycles. The van der Waals surface area contributed by atoms with Crippen molar-refractivity contribution in [1.29, 1.82) is 0 Å². The predicted molar refractivity (Wildman–Crippen MR) is 93.8 cm³/mol. The second-order valence-corrected chi connectivity index (χ2v) is 7.67. The van der Waals surface area contributed by atoms with Gasteiger partial charge in [-0.05, 0) is 36.2 Å². The highest BCUT2D eigenvalue weighted by molar-refractivity contribution is 6.40. The number of benzene rings is 2. The van der Waals surface area contributed by atoms with Crippen LogP contribution in [0.3, 0.4) is 0 Å². The molecular formula is C19H17FN2OSi. The zero-order valence-corrected chi connectivity index (χ0v) is 14.3. The molecule has 2 radical (unpaired) electrons. The lowest BCUT2D eigenvalue weighted by atomic mass is 10.1. The first-order valence-electron chi connectivity index (χ1n) is 7.98. The summed E-state index contributed by atoms with van der Waals surface area (Å²) in [5.74, 6) is -0.342. The molecule has 1 saturated heterocycles. The minimum atomic E-state index is -0.322. The predicted octanol–water partition coefficient (Wildman–Crippen LogP) is 3.47. The molecule has 0 spiro atoms. The molecule has 24 heavy (non-hydrogen) atoms. The summed E-state index contributed by atoms with van der Waals surface area (Å²) in [4.78, 5) is 17.8. The summed E-state index contributed by atoms with van der Waals surface area (Å²) in [7, 11) is 0.697. The molecule has 1 aromatic heterocycles. The first-order chi connectivity index (χ1) is 11.6. The lowest BCUT2D eigenvalue weighted by molar-refractivity contribution is 0.0798. The molecule has 1 atom stereocenters. The second kappa shape index (κ2) is 5.91. The molecule has 2 aromatic carbocycles. The van der Waals surface area contributed by atoms with E-state index in [-0.39, 0.29) is 11.7 Å². The maximum atomic E-state index is 13.5. The largest absolute Gasteiger partial charge is 0.360 e. The summed E-state index contributed by atoms with van der Waals surface area (Å²) < 4.78 is 13.5. The van der Waals surface area contributed by atoms with E-state index in [2.05, 4.69) is 36.2 Å². The van der Waals surface area contributed by atoms with Crippen molar-refractivity contribution in [3.63, 3.8) is 0 Å². The molecule has 3 nitrogen and oxygen atoms in total. The number of nitrogens with one attached hydrogen (secondary N) is 1. The van der Waals surface area contributed by atoms with Crippen LogP contribution >= 0.6 is 0 Å². The van der Waals surface area contributed by atoms with Crippen LogP contribution in [0.5, 0.6) is 0 Å². The van der Waals surface area contributed by atoms with E-state index in [1.807, 2.05) is 4.90 Å². The van der Waals surface area contributed by atoms with Crippen molar-refractivity contribution in [2.45, 2.75) is 12.5 Å². The molecule has 3 aromatic rings. The fraction of sp³-hybridized carbons (Fsp3) is 0.211. The molecule has 120 valence electrons. The number of nitrogens with zero attached hydrogens (tertiary/aromatic N) is 1. The van der Waals surface area contributed by atoms with E-state index >= 15 is 0 Å². The molecule has 1 aliphatic rings. The quantitative estimate of drug-likeness (QED) is 0.715. The number of fused-ring (bicyclic) bond motifs is 1. The van der Waals surface area contributed by atoms with E-state index in [9.17, 15) is 9.18 Å².